The molecule has 1 aromatic carbocycles. The second-order valence-electron chi connectivity index (χ2n) is 7.46. The highest BCUT2D eigenvalue weighted by Crippen LogP contribution is 2.17. The molecule has 0 saturated carbocycles. The molecule has 1 aliphatic heterocycles. The monoisotopic (exact) mass is 414 g/mol. The summed E-state index contributed by atoms with van der Waals surface area (Å²) >= 11 is 0. The van der Waals surface area contributed by atoms with Gasteiger partial charge in [-0.3, -0.25) is 15.0 Å². The van der Waals surface area contributed by atoms with Crippen LogP contribution in [0.5, 0.6) is 0 Å². The van der Waals surface area contributed by atoms with Crippen LogP contribution in [0.1, 0.15) is 20.8 Å². The fourth-order valence-corrected chi connectivity index (χ4v) is 3.73. The Bertz CT molecular complexity index is 813. The van der Waals surface area contributed by atoms with Crippen molar-refractivity contribution < 1.29 is 22.9 Å². The predicted molar refractivity (Wildman–Crippen MR) is 103 cm³/mol. The first-order valence-corrected chi connectivity index (χ1v) is 10.4. The van der Waals surface area contributed by atoms with Crippen LogP contribution >= 0.6 is 0 Å². The van der Waals surface area contributed by atoms with Gasteiger partial charge in [0.2, 0.25) is 10.0 Å². The Kier molecular flexibility index (Phi) is 6.96. The molecule has 0 aromatic heterocycles. The number of piperazine rings is 1. The predicted octanol–water partition coefficient (Wildman–Crippen LogP) is 1.43. The van der Waals surface area contributed by atoms with Crippen LogP contribution in [0, 0.1) is 10.1 Å². The normalized spacial score (nSPS) is 16.0. The molecule has 0 bridgehead atoms. The zero-order chi connectivity index (χ0) is 20.9. The highest BCUT2D eigenvalue weighted by Gasteiger charge is 2.26. The number of nitro groups is 1. The molecule has 10 nitrogen and oxygen atoms in total. The molecule has 1 fully saturated rings. The number of sulfonamides is 1. The summed E-state index contributed by atoms with van der Waals surface area (Å²) in [7, 11) is -3.83. The van der Waals surface area contributed by atoms with Crippen molar-refractivity contribution >= 4 is 21.8 Å². The molecule has 0 radical (unpaired) electrons. The van der Waals surface area contributed by atoms with Crippen molar-refractivity contribution in [3.8, 4) is 0 Å². The van der Waals surface area contributed by atoms with E-state index in [-0.39, 0.29) is 23.2 Å². The summed E-state index contributed by atoms with van der Waals surface area (Å²) in [6.07, 6.45) is -0.349. The van der Waals surface area contributed by atoms with Gasteiger partial charge in [-0.2, -0.15) is 0 Å². The molecule has 1 aliphatic rings. The van der Waals surface area contributed by atoms with Crippen LogP contribution in [0.2, 0.25) is 0 Å². The van der Waals surface area contributed by atoms with Crippen molar-refractivity contribution in [3.05, 3.63) is 34.4 Å². The average molecular weight is 414 g/mol. The quantitative estimate of drug-likeness (QED) is 0.552. The van der Waals surface area contributed by atoms with E-state index >= 15 is 0 Å². The third-order valence-electron chi connectivity index (χ3n) is 4.08. The Morgan fingerprint density at radius 1 is 1.25 bits per heavy atom. The van der Waals surface area contributed by atoms with E-state index in [1.165, 1.54) is 18.2 Å². The summed E-state index contributed by atoms with van der Waals surface area (Å²) in [4.78, 5) is 25.7. The van der Waals surface area contributed by atoms with Crippen molar-refractivity contribution in [3.63, 3.8) is 0 Å². The van der Waals surface area contributed by atoms with Crippen molar-refractivity contribution in [1.82, 2.24) is 14.5 Å². The van der Waals surface area contributed by atoms with E-state index in [0.29, 0.717) is 32.7 Å². The second-order valence-corrected chi connectivity index (χ2v) is 9.23. The summed E-state index contributed by atoms with van der Waals surface area (Å²) in [5.41, 5.74) is -0.819. The van der Waals surface area contributed by atoms with Gasteiger partial charge in [-0.25, -0.2) is 17.9 Å². The Morgan fingerprint density at radius 2 is 1.89 bits per heavy atom. The number of nitrogens with one attached hydrogen (secondary N) is 1. The van der Waals surface area contributed by atoms with Crippen molar-refractivity contribution in [2.45, 2.75) is 31.3 Å². The molecule has 11 heteroatoms. The van der Waals surface area contributed by atoms with Gasteiger partial charge < -0.3 is 9.64 Å². The molecular formula is C17H26N4O6S. The van der Waals surface area contributed by atoms with Crippen LogP contribution in [-0.4, -0.2) is 74.1 Å². The maximum Gasteiger partial charge on any atom is 0.410 e. The summed E-state index contributed by atoms with van der Waals surface area (Å²) in [6.45, 7) is 8.31. The van der Waals surface area contributed by atoms with Gasteiger partial charge in [-0.15, -0.1) is 0 Å². The molecule has 0 atom stereocenters. The first-order valence-electron chi connectivity index (χ1n) is 8.92. The van der Waals surface area contributed by atoms with Gasteiger partial charge in [0.25, 0.3) is 5.69 Å². The lowest BCUT2D eigenvalue weighted by Crippen LogP contribution is -2.51. The number of non-ortho nitro benzene ring substituents is 1. The second kappa shape index (κ2) is 8.84. The summed E-state index contributed by atoms with van der Waals surface area (Å²) in [5, 5.41) is 10.8. The standard InChI is InChI=1S/C17H26N4O6S/c1-17(2,3)27-16(22)20-11-9-19(10-12-20)8-7-18-28(25,26)15-6-4-5-14(13-15)21(23)24/h4-6,13,18H,7-12H2,1-3H3. The number of nitro benzene ring substituents is 1. The number of amides is 1. The third kappa shape index (κ3) is 6.43. The van der Waals surface area contributed by atoms with Crippen molar-refractivity contribution in [2.24, 2.45) is 0 Å². The molecule has 1 amide bonds. The van der Waals surface area contributed by atoms with Crippen molar-refractivity contribution in [1.29, 1.82) is 0 Å². The van der Waals surface area contributed by atoms with Crippen LogP contribution in [0.15, 0.2) is 29.2 Å². The largest absolute Gasteiger partial charge is 0.444 e. The smallest absolute Gasteiger partial charge is 0.410 e. The van der Waals surface area contributed by atoms with Gasteiger partial charge in [-0.1, -0.05) is 6.07 Å². The highest BCUT2D eigenvalue weighted by molar-refractivity contribution is 7.89. The zero-order valence-corrected chi connectivity index (χ0v) is 17.1. The first-order chi connectivity index (χ1) is 13.0. The minimum absolute atomic E-state index is 0.142. The molecule has 1 saturated heterocycles. The van der Waals surface area contributed by atoms with Gasteiger partial charge >= 0.3 is 6.09 Å². The van der Waals surface area contributed by atoms with Crippen LogP contribution in [0.4, 0.5) is 10.5 Å². The number of hydrogen-bond donors (Lipinski definition) is 1. The van der Waals surface area contributed by atoms with E-state index < -0.39 is 20.5 Å². The van der Waals surface area contributed by atoms with E-state index in [1.807, 2.05) is 25.7 Å². The lowest BCUT2D eigenvalue weighted by molar-refractivity contribution is -0.385. The number of rotatable bonds is 6. The van der Waals surface area contributed by atoms with Gasteiger partial charge in [0.1, 0.15) is 5.60 Å². The van der Waals surface area contributed by atoms with E-state index in [4.69, 9.17) is 4.74 Å². The van der Waals surface area contributed by atoms with Crippen LogP contribution in [0.3, 0.4) is 0 Å². The number of hydrogen-bond acceptors (Lipinski definition) is 7. The topological polar surface area (TPSA) is 122 Å². The molecule has 0 aliphatic carbocycles. The Balaban J connectivity index is 1.80. The van der Waals surface area contributed by atoms with E-state index in [9.17, 15) is 23.3 Å². The number of carbonyl (C=O) groups is 1. The number of ether oxygens (including phenoxy) is 1. The average Bonchev–Trinajstić information content (AvgIpc) is 2.61. The fraction of sp³-hybridized carbons (Fsp3) is 0.588. The highest BCUT2D eigenvalue weighted by atomic mass is 32.2. The fourth-order valence-electron chi connectivity index (χ4n) is 2.67. The molecule has 2 rings (SSSR count). The van der Waals surface area contributed by atoms with Crippen LogP contribution < -0.4 is 4.72 Å². The van der Waals surface area contributed by atoms with Crippen molar-refractivity contribution in [2.75, 3.05) is 39.3 Å². The first kappa shape index (κ1) is 22.1. The summed E-state index contributed by atoms with van der Waals surface area (Å²) < 4.78 is 32.4. The van der Waals surface area contributed by atoms with Crippen LogP contribution in [0.25, 0.3) is 0 Å². The zero-order valence-electron chi connectivity index (χ0n) is 16.3. The maximum absolute atomic E-state index is 12.3. The van der Waals surface area contributed by atoms with Crippen LogP contribution in [-0.2, 0) is 14.8 Å². The molecule has 0 spiro atoms. The van der Waals surface area contributed by atoms with Gasteiger partial charge in [0, 0.05) is 51.4 Å². The SMILES string of the molecule is CC(C)(C)OC(=O)N1CCN(CCNS(=O)(=O)c2cccc([N+](=O)[O-])c2)CC1. The van der Waals surface area contributed by atoms with Gasteiger partial charge in [0.15, 0.2) is 0 Å². The molecular weight excluding hydrogens is 388 g/mol. The van der Waals surface area contributed by atoms with E-state index in [2.05, 4.69) is 4.72 Å². The van der Waals surface area contributed by atoms with Gasteiger partial charge in [-0.05, 0) is 26.8 Å². The summed E-state index contributed by atoms with van der Waals surface area (Å²) in [6, 6.07) is 4.92. The van der Waals surface area contributed by atoms with E-state index in [0.717, 1.165) is 6.07 Å². The summed E-state index contributed by atoms with van der Waals surface area (Å²) in [5.74, 6) is 0. The molecule has 1 aromatic rings. The Labute approximate surface area is 164 Å². The maximum atomic E-state index is 12.3. The molecule has 1 heterocycles. The molecule has 156 valence electrons. The minimum Gasteiger partial charge on any atom is -0.444 e. The number of benzene rings is 1. The molecule has 0 unspecified atom stereocenters. The molecule has 28 heavy (non-hydrogen) atoms. The molecule has 1 N–H and O–H groups in total. The third-order valence-corrected chi connectivity index (χ3v) is 5.54. The number of nitrogens with zero attached hydrogens (tertiary/aromatic N) is 3. The van der Waals surface area contributed by atoms with Gasteiger partial charge in [0.05, 0.1) is 9.82 Å². The minimum atomic E-state index is -3.83. The lowest BCUT2D eigenvalue weighted by atomic mass is 10.2. The Morgan fingerprint density at radius 3 is 2.46 bits per heavy atom. The number of carbonyl (C=O) groups excluding carboxylic acids is 1. The van der Waals surface area contributed by atoms with E-state index in [1.54, 1.807) is 4.90 Å². The lowest BCUT2D eigenvalue weighted by Gasteiger charge is -2.35. The Hall–Kier alpha value is -2.24.